The van der Waals surface area contributed by atoms with Crippen LogP contribution in [0.5, 0.6) is 0 Å². The minimum absolute atomic E-state index is 0.479. The molecule has 1 aliphatic rings. The number of pyridine rings is 1. The molecule has 160 valence electrons. The smallest absolute Gasteiger partial charge is 0.128 e. The topological polar surface area (TPSA) is 64.0 Å². The molecule has 0 bridgehead atoms. The molecule has 2 aromatic carbocycles. The van der Waals surface area contributed by atoms with Gasteiger partial charge in [-0.1, -0.05) is 30.3 Å². The monoisotopic (exact) mass is 413 g/mol. The van der Waals surface area contributed by atoms with Crippen LogP contribution >= 0.6 is 0 Å². The van der Waals surface area contributed by atoms with Crippen molar-refractivity contribution in [2.24, 2.45) is 5.92 Å². The highest BCUT2D eigenvalue weighted by Crippen LogP contribution is 2.30. The minimum atomic E-state index is 0.479. The molecule has 5 heteroatoms. The molecule has 0 unspecified atom stereocenters. The summed E-state index contributed by atoms with van der Waals surface area (Å²) in [4.78, 5) is 7.01. The summed E-state index contributed by atoms with van der Waals surface area (Å²) in [5, 5.41) is 17.5. The lowest BCUT2D eigenvalue weighted by Crippen LogP contribution is -2.31. The standard InChI is InChI=1S/C26H31N5/c1-31(2)25-15-26(30-24-9-4-3-8-23(24)25)29-22-12-10-19(11-13-22)17-28-18-21-7-5-6-20(14-21)16-27/h3-9,14-15,19,22,28H,10-13,17-18H2,1-2H3,(H,29,30). The van der Waals surface area contributed by atoms with Crippen molar-refractivity contribution >= 4 is 22.4 Å². The second kappa shape index (κ2) is 9.80. The molecule has 0 spiro atoms. The molecule has 0 saturated heterocycles. The normalized spacial score (nSPS) is 18.5. The quantitative estimate of drug-likeness (QED) is 0.575. The van der Waals surface area contributed by atoms with Crippen molar-refractivity contribution in [3.63, 3.8) is 0 Å². The predicted molar refractivity (Wildman–Crippen MR) is 128 cm³/mol. The van der Waals surface area contributed by atoms with Crippen LogP contribution in [0, 0.1) is 17.2 Å². The van der Waals surface area contributed by atoms with Crippen LogP contribution < -0.4 is 15.5 Å². The number of hydrogen-bond donors (Lipinski definition) is 2. The van der Waals surface area contributed by atoms with Gasteiger partial charge < -0.3 is 15.5 Å². The summed E-state index contributed by atoms with van der Waals surface area (Å²) in [5.74, 6) is 1.68. The maximum atomic E-state index is 9.03. The first-order chi connectivity index (χ1) is 15.1. The third-order valence-electron chi connectivity index (χ3n) is 6.19. The molecule has 1 heterocycles. The highest BCUT2D eigenvalue weighted by Gasteiger charge is 2.21. The van der Waals surface area contributed by atoms with Crippen LogP contribution in [-0.4, -0.2) is 31.7 Å². The molecule has 0 radical (unpaired) electrons. The zero-order valence-corrected chi connectivity index (χ0v) is 18.4. The molecular weight excluding hydrogens is 382 g/mol. The minimum Gasteiger partial charge on any atom is -0.377 e. The summed E-state index contributed by atoms with van der Waals surface area (Å²) in [6, 6.07) is 21.0. The van der Waals surface area contributed by atoms with E-state index < -0.39 is 0 Å². The largest absolute Gasteiger partial charge is 0.377 e. The third-order valence-corrected chi connectivity index (χ3v) is 6.19. The Morgan fingerprint density at radius 1 is 1.03 bits per heavy atom. The molecule has 1 aliphatic carbocycles. The van der Waals surface area contributed by atoms with Crippen molar-refractivity contribution in [2.75, 3.05) is 30.9 Å². The summed E-state index contributed by atoms with van der Waals surface area (Å²) in [5.41, 5.74) is 4.14. The maximum absolute atomic E-state index is 9.03. The summed E-state index contributed by atoms with van der Waals surface area (Å²) in [7, 11) is 4.17. The van der Waals surface area contributed by atoms with Gasteiger partial charge in [0, 0.05) is 43.8 Å². The first kappa shape index (κ1) is 21.1. The number of hydrogen-bond acceptors (Lipinski definition) is 5. The number of anilines is 2. The molecule has 5 nitrogen and oxygen atoms in total. The first-order valence-electron chi connectivity index (χ1n) is 11.2. The van der Waals surface area contributed by atoms with Gasteiger partial charge in [-0.2, -0.15) is 5.26 Å². The molecule has 0 aliphatic heterocycles. The fraction of sp³-hybridized carbons (Fsp3) is 0.385. The highest BCUT2D eigenvalue weighted by atomic mass is 15.1. The number of aromatic nitrogens is 1. The van der Waals surface area contributed by atoms with E-state index in [9.17, 15) is 0 Å². The second-order valence-corrected chi connectivity index (χ2v) is 8.74. The average molecular weight is 414 g/mol. The molecular formula is C26H31N5. The van der Waals surface area contributed by atoms with Crippen LogP contribution in [0.3, 0.4) is 0 Å². The van der Waals surface area contributed by atoms with E-state index >= 15 is 0 Å². The van der Waals surface area contributed by atoms with Gasteiger partial charge in [0.1, 0.15) is 5.82 Å². The summed E-state index contributed by atoms with van der Waals surface area (Å²) in [6.07, 6.45) is 4.78. The zero-order valence-electron chi connectivity index (χ0n) is 18.4. The van der Waals surface area contributed by atoms with E-state index in [0.717, 1.165) is 30.0 Å². The highest BCUT2D eigenvalue weighted by molar-refractivity contribution is 5.93. The SMILES string of the molecule is CN(C)c1cc(NC2CCC(CNCc3cccc(C#N)c3)CC2)nc2ccccc12. The van der Waals surface area contributed by atoms with Gasteiger partial charge in [-0.3, -0.25) is 0 Å². The molecule has 2 N–H and O–H groups in total. The Morgan fingerprint density at radius 2 is 1.84 bits per heavy atom. The van der Waals surface area contributed by atoms with E-state index in [1.54, 1.807) is 0 Å². The van der Waals surface area contributed by atoms with Crippen LogP contribution in [0.15, 0.2) is 54.6 Å². The van der Waals surface area contributed by atoms with Crippen molar-refractivity contribution in [2.45, 2.75) is 38.3 Å². The van der Waals surface area contributed by atoms with E-state index in [1.807, 2.05) is 24.3 Å². The van der Waals surface area contributed by atoms with Crippen molar-refractivity contribution in [3.8, 4) is 6.07 Å². The van der Waals surface area contributed by atoms with E-state index in [2.05, 4.69) is 66.0 Å². The van der Waals surface area contributed by atoms with E-state index in [1.165, 1.54) is 42.3 Å². The van der Waals surface area contributed by atoms with Crippen molar-refractivity contribution in [3.05, 3.63) is 65.7 Å². The van der Waals surface area contributed by atoms with Gasteiger partial charge in [-0.05, 0) is 61.9 Å². The lowest BCUT2D eigenvalue weighted by molar-refractivity contribution is 0.324. The number of para-hydroxylation sites is 1. The van der Waals surface area contributed by atoms with Gasteiger partial charge >= 0.3 is 0 Å². The first-order valence-corrected chi connectivity index (χ1v) is 11.2. The van der Waals surface area contributed by atoms with Crippen LogP contribution in [0.25, 0.3) is 10.9 Å². The maximum Gasteiger partial charge on any atom is 0.128 e. The van der Waals surface area contributed by atoms with E-state index in [-0.39, 0.29) is 0 Å². The van der Waals surface area contributed by atoms with Crippen LogP contribution in [0.4, 0.5) is 11.5 Å². The predicted octanol–water partition coefficient (Wildman–Crippen LogP) is 4.93. The van der Waals surface area contributed by atoms with Crippen LogP contribution in [0.2, 0.25) is 0 Å². The molecule has 1 aromatic heterocycles. The van der Waals surface area contributed by atoms with Crippen molar-refractivity contribution in [1.29, 1.82) is 5.26 Å². The van der Waals surface area contributed by atoms with Gasteiger partial charge in [0.2, 0.25) is 0 Å². The Balaban J connectivity index is 1.29. The fourth-order valence-electron chi connectivity index (χ4n) is 4.49. The van der Waals surface area contributed by atoms with Gasteiger partial charge in [0.05, 0.1) is 17.1 Å². The van der Waals surface area contributed by atoms with Gasteiger partial charge in [0.25, 0.3) is 0 Å². The number of benzene rings is 2. The van der Waals surface area contributed by atoms with Gasteiger partial charge in [0.15, 0.2) is 0 Å². The van der Waals surface area contributed by atoms with Crippen LogP contribution in [0.1, 0.15) is 36.8 Å². The Morgan fingerprint density at radius 3 is 2.61 bits per heavy atom. The number of fused-ring (bicyclic) bond motifs is 1. The molecule has 0 atom stereocenters. The average Bonchev–Trinajstić information content (AvgIpc) is 2.80. The van der Waals surface area contributed by atoms with Crippen LogP contribution in [-0.2, 0) is 6.54 Å². The number of nitrogens with zero attached hydrogens (tertiary/aromatic N) is 3. The zero-order chi connectivity index (χ0) is 21.6. The summed E-state index contributed by atoms with van der Waals surface area (Å²) < 4.78 is 0. The molecule has 3 aromatic rings. The van der Waals surface area contributed by atoms with Crippen molar-refractivity contribution in [1.82, 2.24) is 10.3 Å². The third kappa shape index (κ3) is 5.34. The molecule has 1 saturated carbocycles. The van der Waals surface area contributed by atoms with E-state index in [4.69, 9.17) is 10.2 Å². The Kier molecular flexibility index (Phi) is 6.69. The number of rotatable bonds is 7. The molecule has 0 amide bonds. The summed E-state index contributed by atoms with van der Waals surface area (Å²) in [6.45, 7) is 1.85. The second-order valence-electron chi connectivity index (χ2n) is 8.74. The van der Waals surface area contributed by atoms with E-state index in [0.29, 0.717) is 12.0 Å². The van der Waals surface area contributed by atoms with Crippen molar-refractivity contribution < 1.29 is 0 Å². The van der Waals surface area contributed by atoms with Gasteiger partial charge in [-0.15, -0.1) is 0 Å². The van der Waals surface area contributed by atoms with Gasteiger partial charge in [-0.25, -0.2) is 4.98 Å². The Hall–Kier alpha value is -3.10. The Bertz CT molecular complexity index is 1060. The Labute approximate surface area is 185 Å². The molecule has 31 heavy (non-hydrogen) atoms. The lowest BCUT2D eigenvalue weighted by Gasteiger charge is -2.30. The summed E-state index contributed by atoms with van der Waals surface area (Å²) >= 11 is 0. The fourth-order valence-corrected chi connectivity index (χ4v) is 4.49. The molecule has 1 fully saturated rings. The molecule has 4 rings (SSSR count). The lowest BCUT2D eigenvalue weighted by atomic mass is 9.86. The number of nitriles is 1. The number of nitrogens with one attached hydrogen (secondary N) is 2.